The van der Waals surface area contributed by atoms with Gasteiger partial charge in [0, 0.05) is 18.2 Å². The number of amides is 1. The van der Waals surface area contributed by atoms with Gasteiger partial charge in [-0.05, 0) is 53.5 Å². The fourth-order valence-electron chi connectivity index (χ4n) is 3.42. The third kappa shape index (κ3) is 4.22. The summed E-state index contributed by atoms with van der Waals surface area (Å²) >= 11 is 0. The van der Waals surface area contributed by atoms with E-state index in [2.05, 4.69) is 34.7 Å². The van der Waals surface area contributed by atoms with Gasteiger partial charge in [0.2, 0.25) is 0 Å². The molecule has 1 aromatic carbocycles. The summed E-state index contributed by atoms with van der Waals surface area (Å²) in [6.45, 7) is 5.11. The Bertz CT molecular complexity index is 667. The highest BCUT2D eigenvalue weighted by Crippen LogP contribution is 2.25. The van der Waals surface area contributed by atoms with Crippen LogP contribution >= 0.6 is 0 Å². The normalized spacial score (nSPS) is 20.6. The molecule has 3 rings (SSSR count). The highest BCUT2D eigenvalue weighted by atomic mass is 16.5. The van der Waals surface area contributed by atoms with Crippen molar-refractivity contribution >= 4 is 5.91 Å². The Hall–Kier alpha value is -2.28. The Kier molecular flexibility index (Phi) is 5.75. The number of aromatic nitrogens is 4. The number of rotatable bonds is 6. The minimum absolute atomic E-state index is 0.0431. The lowest BCUT2D eigenvalue weighted by Gasteiger charge is -2.34. The van der Waals surface area contributed by atoms with Crippen LogP contribution < -0.4 is 5.32 Å². The van der Waals surface area contributed by atoms with E-state index in [1.54, 1.807) is 16.8 Å². The van der Waals surface area contributed by atoms with Crippen LogP contribution in [0.3, 0.4) is 0 Å². The van der Waals surface area contributed by atoms with Crippen LogP contribution in [0.2, 0.25) is 0 Å². The van der Waals surface area contributed by atoms with Crippen LogP contribution in [0.25, 0.3) is 5.69 Å². The van der Waals surface area contributed by atoms with E-state index in [0.717, 1.165) is 31.4 Å². The summed E-state index contributed by atoms with van der Waals surface area (Å²) in [5.41, 5.74) is 1.46. The van der Waals surface area contributed by atoms with Gasteiger partial charge >= 0.3 is 0 Å². The Morgan fingerprint density at radius 3 is 2.72 bits per heavy atom. The van der Waals surface area contributed by atoms with Crippen LogP contribution in [-0.4, -0.2) is 44.9 Å². The van der Waals surface area contributed by atoms with Crippen LogP contribution in [0.5, 0.6) is 0 Å². The first-order chi connectivity index (χ1) is 12.2. The molecule has 1 saturated heterocycles. The Morgan fingerprint density at radius 1 is 1.32 bits per heavy atom. The van der Waals surface area contributed by atoms with Crippen molar-refractivity contribution < 1.29 is 9.53 Å². The van der Waals surface area contributed by atoms with Crippen LogP contribution in [0.1, 0.15) is 49.9 Å². The van der Waals surface area contributed by atoms with E-state index >= 15 is 0 Å². The van der Waals surface area contributed by atoms with Gasteiger partial charge in [-0.25, -0.2) is 4.68 Å². The Labute approximate surface area is 147 Å². The smallest absolute Gasteiger partial charge is 0.251 e. The maximum atomic E-state index is 12.5. The van der Waals surface area contributed by atoms with Gasteiger partial charge < -0.3 is 10.1 Å². The number of tetrazole rings is 1. The maximum Gasteiger partial charge on any atom is 0.251 e. The lowest BCUT2D eigenvalue weighted by molar-refractivity contribution is -0.0337. The molecule has 1 fully saturated rings. The van der Waals surface area contributed by atoms with E-state index in [1.165, 1.54) is 6.33 Å². The lowest BCUT2D eigenvalue weighted by atomic mass is 9.89. The Morgan fingerprint density at radius 2 is 2.08 bits per heavy atom. The second-order valence-electron chi connectivity index (χ2n) is 6.48. The van der Waals surface area contributed by atoms with Crippen molar-refractivity contribution in [3.8, 4) is 5.69 Å². The largest absolute Gasteiger partial charge is 0.378 e. The monoisotopic (exact) mass is 343 g/mol. The molecule has 7 nitrogen and oxygen atoms in total. The van der Waals surface area contributed by atoms with Gasteiger partial charge in [0.25, 0.3) is 5.91 Å². The standard InChI is InChI=1S/C18H25N5O2/c1-3-13(4-2)17-11-15(9-10-25-17)20-18(24)14-5-7-16(8-6-14)23-12-19-21-22-23/h5-8,12-13,15,17H,3-4,9-11H2,1-2H3,(H,20,24)/t15-,17-/m0/s1. The molecule has 2 atom stereocenters. The minimum Gasteiger partial charge on any atom is -0.378 e. The summed E-state index contributed by atoms with van der Waals surface area (Å²) in [5.74, 6) is 0.522. The van der Waals surface area contributed by atoms with Gasteiger partial charge in [-0.2, -0.15) is 0 Å². The number of nitrogens with one attached hydrogen (secondary N) is 1. The number of carbonyl (C=O) groups is 1. The summed E-state index contributed by atoms with van der Waals surface area (Å²) in [4.78, 5) is 12.5. The average Bonchev–Trinajstić information content (AvgIpc) is 3.18. The van der Waals surface area contributed by atoms with Gasteiger partial charge in [0.1, 0.15) is 6.33 Å². The van der Waals surface area contributed by atoms with Crippen LogP contribution in [-0.2, 0) is 4.74 Å². The first-order valence-electron chi connectivity index (χ1n) is 8.97. The molecule has 0 saturated carbocycles. The third-order valence-corrected chi connectivity index (χ3v) is 4.97. The molecule has 0 spiro atoms. The molecule has 0 bridgehead atoms. The van der Waals surface area contributed by atoms with Crippen LogP contribution in [0, 0.1) is 5.92 Å². The highest BCUT2D eigenvalue weighted by Gasteiger charge is 2.28. The molecule has 0 unspecified atom stereocenters. The molecule has 1 aromatic heterocycles. The molecule has 0 aliphatic carbocycles. The zero-order valence-corrected chi connectivity index (χ0v) is 14.8. The number of ether oxygens (including phenoxy) is 1. The number of carbonyl (C=O) groups excluding carboxylic acids is 1. The van der Waals surface area contributed by atoms with Crippen molar-refractivity contribution in [3.63, 3.8) is 0 Å². The molecule has 2 aromatic rings. The zero-order valence-electron chi connectivity index (χ0n) is 14.8. The molecular formula is C18H25N5O2. The van der Waals surface area contributed by atoms with E-state index in [0.29, 0.717) is 18.1 Å². The number of nitrogens with zero attached hydrogens (tertiary/aromatic N) is 4. The predicted molar refractivity (Wildman–Crippen MR) is 93.5 cm³/mol. The fraction of sp³-hybridized carbons (Fsp3) is 0.556. The molecule has 1 aliphatic rings. The van der Waals surface area contributed by atoms with Gasteiger partial charge in [-0.3, -0.25) is 4.79 Å². The van der Waals surface area contributed by atoms with Crippen LogP contribution in [0.4, 0.5) is 0 Å². The van der Waals surface area contributed by atoms with E-state index in [1.807, 2.05) is 12.1 Å². The zero-order chi connectivity index (χ0) is 17.6. The third-order valence-electron chi connectivity index (χ3n) is 4.97. The minimum atomic E-state index is -0.0431. The first kappa shape index (κ1) is 17.5. The van der Waals surface area contributed by atoms with E-state index < -0.39 is 0 Å². The molecule has 1 N–H and O–H groups in total. The van der Waals surface area contributed by atoms with E-state index in [9.17, 15) is 4.79 Å². The second kappa shape index (κ2) is 8.20. The van der Waals surface area contributed by atoms with E-state index in [-0.39, 0.29) is 18.1 Å². The number of hydrogen-bond acceptors (Lipinski definition) is 5. The summed E-state index contributed by atoms with van der Waals surface area (Å²) in [6, 6.07) is 7.43. The first-order valence-corrected chi connectivity index (χ1v) is 8.97. The molecule has 134 valence electrons. The van der Waals surface area contributed by atoms with Crippen molar-refractivity contribution in [1.29, 1.82) is 0 Å². The van der Waals surface area contributed by atoms with Crippen molar-refractivity contribution in [2.75, 3.05) is 6.61 Å². The average molecular weight is 343 g/mol. The lowest BCUT2D eigenvalue weighted by Crippen LogP contribution is -2.44. The molecule has 1 amide bonds. The Balaban J connectivity index is 1.60. The van der Waals surface area contributed by atoms with Gasteiger partial charge in [-0.1, -0.05) is 26.7 Å². The maximum absolute atomic E-state index is 12.5. The summed E-state index contributed by atoms with van der Waals surface area (Å²) < 4.78 is 7.48. The molecule has 25 heavy (non-hydrogen) atoms. The summed E-state index contributed by atoms with van der Waals surface area (Å²) in [6.07, 6.45) is 5.75. The van der Waals surface area contributed by atoms with E-state index in [4.69, 9.17) is 4.74 Å². The van der Waals surface area contributed by atoms with Crippen molar-refractivity contribution in [3.05, 3.63) is 36.2 Å². The van der Waals surface area contributed by atoms with Gasteiger partial charge in [0.05, 0.1) is 11.8 Å². The van der Waals surface area contributed by atoms with Crippen molar-refractivity contribution in [2.24, 2.45) is 5.92 Å². The van der Waals surface area contributed by atoms with Crippen molar-refractivity contribution in [2.45, 2.75) is 51.7 Å². The van der Waals surface area contributed by atoms with Crippen molar-refractivity contribution in [1.82, 2.24) is 25.5 Å². The highest BCUT2D eigenvalue weighted by molar-refractivity contribution is 5.94. The number of benzene rings is 1. The number of hydrogen-bond donors (Lipinski definition) is 1. The summed E-state index contributed by atoms with van der Waals surface area (Å²) in [5, 5.41) is 14.2. The molecule has 1 aliphatic heterocycles. The summed E-state index contributed by atoms with van der Waals surface area (Å²) in [7, 11) is 0. The predicted octanol–water partition coefficient (Wildman–Crippen LogP) is 2.38. The van der Waals surface area contributed by atoms with Crippen LogP contribution in [0.15, 0.2) is 30.6 Å². The molecule has 2 heterocycles. The topological polar surface area (TPSA) is 81.9 Å². The second-order valence-corrected chi connectivity index (χ2v) is 6.48. The molecular weight excluding hydrogens is 318 g/mol. The van der Waals surface area contributed by atoms with Gasteiger partial charge in [-0.15, -0.1) is 5.10 Å². The fourth-order valence-corrected chi connectivity index (χ4v) is 3.42. The molecule has 0 radical (unpaired) electrons. The quantitative estimate of drug-likeness (QED) is 0.871. The van der Waals surface area contributed by atoms with Gasteiger partial charge in [0.15, 0.2) is 0 Å². The SMILES string of the molecule is CCC(CC)[C@@H]1C[C@@H](NC(=O)c2ccc(-n3cnnn3)cc2)CCO1. The molecule has 7 heteroatoms.